The Bertz CT molecular complexity index is 217. The van der Waals surface area contributed by atoms with Crippen LogP contribution >= 0.6 is 11.8 Å². The lowest BCUT2D eigenvalue weighted by Gasteiger charge is -2.22. The van der Waals surface area contributed by atoms with E-state index < -0.39 is 0 Å². The summed E-state index contributed by atoms with van der Waals surface area (Å²) in [6, 6.07) is 0.330. The second-order valence-corrected chi connectivity index (χ2v) is 6.16. The highest BCUT2D eigenvalue weighted by Crippen LogP contribution is 2.19. The van der Waals surface area contributed by atoms with E-state index in [2.05, 4.69) is 24.5 Å². The first-order chi connectivity index (χ1) is 8.22. The molecule has 1 rings (SSSR count). The van der Waals surface area contributed by atoms with Crippen LogP contribution in [0.25, 0.3) is 0 Å². The third-order valence-electron chi connectivity index (χ3n) is 3.13. The minimum Gasteiger partial charge on any atom is -0.353 e. The molecule has 0 saturated carbocycles. The predicted octanol–water partition coefficient (Wildman–Crippen LogP) is 2.17. The molecule has 0 aliphatic carbocycles. The molecule has 100 valence electrons. The van der Waals surface area contributed by atoms with Gasteiger partial charge in [-0.3, -0.25) is 4.79 Å². The summed E-state index contributed by atoms with van der Waals surface area (Å²) in [7, 11) is 0. The van der Waals surface area contributed by atoms with Gasteiger partial charge in [-0.2, -0.15) is 0 Å². The first-order valence-electron chi connectivity index (χ1n) is 6.84. The van der Waals surface area contributed by atoms with Crippen molar-refractivity contribution in [3.63, 3.8) is 0 Å². The van der Waals surface area contributed by atoms with Crippen LogP contribution in [0, 0.1) is 0 Å². The van der Waals surface area contributed by atoms with Gasteiger partial charge in [-0.1, -0.05) is 19.8 Å². The number of carbonyl (C=O) groups is 1. The van der Waals surface area contributed by atoms with Crippen LogP contribution < -0.4 is 10.6 Å². The van der Waals surface area contributed by atoms with Crippen LogP contribution in [0.1, 0.15) is 46.0 Å². The molecule has 2 N–H and O–H groups in total. The van der Waals surface area contributed by atoms with E-state index in [1.807, 2.05) is 11.8 Å². The summed E-state index contributed by atoms with van der Waals surface area (Å²) in [4.78, 5) is 11.7. The molecule has 4 heteroatoms. The van der Waals surface area contributed by atoms with Gasteiger partial charge >= 0.3 is 0 Å². The van der Waals surface area contributed by atoms with Crippen LogP contribution in [0.3, 0.4) is 0 Å². The van der Waals surface area contributed by atoms with Gasteiger partial charge in [-0.25, -0.2) is 0 Å². The van der Waals surface area contributed by atoms with E-state index in [0.29, 0.717) is 17.0 Å². The second-order valence-electron chi connectivity index (χ2n) is 4.87. The number of amides is 1. The summed E-state index contributed by atoms with van der Waals surface area (Å²) < 4.78 is 0. The zero-order valence-electron chi connectivity index (χ0n) is 11.1. The van der Waals surface area contributed by atoms with Gasteiger partial charge in [-0.05, 0) is 39.3 Å². The Morgan fingerprint density at radius 2 is 2.18 bits per heavy atom. The van der Waals surface area contributed by atoms with E-state index in [1.54, 1.807) is 0 Å². The number of unbranched alkanes of at least 4 members (excludes halogenated alkanes) is 1. The van der Waals surface area contributed by atoms with Crippen molar-refractivity contribution in [2.24, 2.45) is 0 Å². The number of piperidine rings is 1. The molecule has 0 aromatic rings. The average Bonchev–Trinajstić information content (AvgIpc) is 2.35. The monoisotopic (exact) mass is 258 g/mol. The Balaban J connectivity index is 2.07. The topological polar surface area (TPSA) is 41.1 Å². The summed E-state index contributed by atoms with van der Waals surface area (Å²) in [5.74, 6) is 0.832. The highest BCUT2D eigenvalue weighted by molar-refractivity contribution is 8.00. The molecule has 1 fully saturated rings. The van der Waals surface area contributed by atoms with Crippen LogP contribution in [-0.2, 0) is 4.79 Å². The van der Waals surface area contributed by atoms with E-state index in [1.165, 1.54) is 25.7 Å². The summed E-state index contributed by atoms with van der Waals surface area (Å²) in [6.07, 6.45) is 5.89. The molecule has 0 bridgehead atoms. The van der Waals surface area contributed by atoms with Crippen molar-refractivity contribution in [1.82, 2.24) is 10.6 Å². The molecule has 1 amide bonds. The maximum atomic E-state index is 11.7. The van der Waals surface area contributed by atoms with E-state index in [4.69, 9.17) is 0 Å². The van der Waals surface area contributed by atoms with Gasteiger partial charge in [0.1, 0.15) is 0 Å². The zero-order valence-corrected chi connectivity index (χ0v) is 11.9. The van der Waals surface area contributed by atoms with Crippen molar-refractivity contribution in [3.05, 3.63) is 0 Å². The lowest BCUT2D eigenvalue weighted by Crippen LogP contribution is -2.35. The fraction of sp³-hybridized carbons (Fsp3) is 0.923. The maximum absolute atomic E-state index is 11.7. The van der Waals surface area contributed by atoms with Crippen molar-refractivity contribution in [1.29, 1.82) is 0 Å². The Morgan fingerprint density at radius 3 is 2.82 bits per heavy atom. The summed E-state index contributed by atoms with van der Waals surface area (Å²) in [5.41, 5.74) is 0. The van der Waals surface area contributed by atoms with Crippen LogP contribution in [-0.4, -0.2) is 36.0 Å². The highest BCUT2D eigenvalue weighted by Gasteiger charge is 2.15. The number of carbonyl (C=O) groups excluding carboxylic acids is 1. The Labute approximate surface area is 109 Å². The third kappa shape index (κ3) is 6.94. The summed E-state index contributed by atoms with van der Waals surface area (Å²) in [5, 5.41) is 7.10. The fourth-order valence-corrected chi connectivity index (χ4v) is 3.09. The van der Waals surface area contributed by atoms with E-state index in [-0.39, 0.29) is 5.91 Å². The third-order valence-corrected chi connectivity index (χ3v) is 4.51. The fourth-order valence-electron chi connectivity index (χ4n) is 2.05. The lowest BCUT2D eigenvalue weighted by atomic mass is 10.1. The SMILES string of the molecule is CCCCC(C)NC(=O)CSC1CCNCC1. The van der Waals surface area contributed by atoms with Crippen LogP contribution in [0.2, 0.25) is 0 Å². The van der Waals surface area contributed by atoms with Crippen LogP contribution in [0.15, 0.2) is 0 Å². The molecule has 0 spiro atoms. The maximum Gasteiger partial charge on any atom is 0.230 e. The van der Waals surface area contributed by atoms with Gasteiger partial charge in [-0.15, -0.1) is 11.8 Å². The molecule has 0 aromatic carbocycles. The predicted molar refractivity (Wildman–Crippen MR) is 75.5 cm³/mol. The summed E-state index contributed by atoms with van der Waals surface area (Å²) in [6.45, 7) is 6.49. The van der Waals surface area contributed by atoms with E-state index in [9.17, 15) is 4.79 Å². The lowest BCUT2D eigenvalue weighted by molar-refractivity contribution is -0.119. The van der Waals surface area contributed by atoms with Gasteiger partial charge in [0.05, 0.1) is 5.75 Å². The first kappa shape index (κ1) is 14.8. The molecule has 1 heterocycles. The molecule has 0 aromatic heterocycles. The molecular formula is C13H26N2OS. The molecule has 3 nitrogen and oxygen atoms in total. The van der Waals surface area contributed by atoms with E-state index >= 15 is 0 Å². The van der Waals surface area contributed by atoms with Crippen LogP contribution in [0.4, 0.5) is 0 Å². The molecule has 1 unspecified atom stereocenters. The number of hydrogen-bond donors (Lipinski definition) is 2. The number of thioether (sulfide) groups is 1. The van der Waals surface area contributed by atoms with Gasteiger partial charge in [0.25, 0.3) is 0 Å². The quantitative estimate of drug-likeness (QED) is 0.735. The van der Waals surface area contributed by atoms with Crippen molar-refractivity contribution in [2.75, 3.05) is 18.8 Å². The highest BCUT2D eigenvalue weighted by atomic mass is 32.2. The Hall–Kier alpha value is -0.220. The Kier molecular flexibility index (Phi) is 7.69. The number of rotatable bonds is 7. The molecule has 1 saturated heterocycles. The minimum absolute atomic E-state index is 0.206. The molecule has 1 aliphatic rings. The molecule has 17 heavy (non-hydrogen) atoms. The van der Waals surface area contributed by atoms with Crippen molar-refractivity contribution >= 4 is 17.7 Å². The molecule has 1 atom stereocenters. The minimum atomic E-state index is 0.206. The van der Waals surface area contributed by atoms with Crippen molar-refractivity contribution in [3.8, 4) is 0 Å². The van der Waals surface area contributed by atoms with Crippen LogP contribution in [0.5, 0.6) is 0 Å². The van der Waals surface area contributed by atoms with Crippen molar-refractivity contribution < 1.29 is 4.79 Å². The van der Waals surface area contributed by atoms with Crippen molar-refractivity contribution in [2.45, 2.75) is 57.2 Å². The molecule has 1 aliphatic heterocycles. The number of nitrogens with one attached hydrogen (secondary N) is 2. The summed E-state index contributed by atoms with van der Waals surface area (Å²) >= 11 is 1.82. The normalized spacial score (nSPS) is 18.9. The van der Waals surface area contributed by atoms with Gasteiger partial charge in [0.2, 0.25) is 5.91 Å². The van der Waals surface area contributed by atoms with Gasteiger partial charge in [0, 0.05) is 11.3 Å². The molecule has 0 radical (unpaired) electrons. The standard InChI is InChI=1S/C13H26N2OS/c1-3-4-5-11(2)15-13(16)10-17-12-6-8-14-9-7-12/h11-12,14H,3-10H2,1-2H3,(H,15,16). The molecular weight excluding hydrogens is 232 g/mol. The largest absolute Gasteiger partial charge is 0.353 e. The van der Waals surface area contributed by atoms with Gasteiger partial charge < -0.3 is 10.6 Å². The first-order valence-corrected chi connectivity index (χ1v) is 7.89. The smallest absolute Gasteiger partial charge is 0.230 e. The Morgan fingerprint density at radius 1 is 1.47 bits per heavy atom. The average molecular weight is 258 g/mol. The van der Waals surface area contributed by atoms with E-state index in [0.717, 1.165) is 19.5 Å². The van der Waals surface area contributed by atoms with Gasteiger partial charge in [0.15, 0.2) is 0 Å². The second kappa shape index (κ2) is 8.81. The number of hydrogen-bond acceptors (Lipinski definition) is 3. The zero-order chi connectivity index (χ0) is 12.5.